The molecule has 2 aromatic rings. The summed E-state index contributed by atoms with van der Waals surface area (Å²) in [6, 6.07) is 5.00. The minimum Gasteiger partial charge on any atom is -0.491 e. The number of rotatable bonds is 3. The van der Waals surface area contributed by atoms with E-state index in [1.165, 1.54) is 10.7 Å². The molecule has 0 aliphatic heterocycles. The molecule has 0 fully saturated rings. The van der Waals surface area contributed by atoms with E-state index in [0.717, 1.165) is 0 Å². The molecule has 0 atom stereocenters. The lowest BCUT2D eigenvalue weighted by atomic mass is 9.99. The van der Waals surface area contributed by atoms with Crippen LogP contribution in [0, 0.1) is 5.41 Å². The molecule has 0 aliphatic rings. The maximum atomic E-state index is 11.4. The van der Waals surface area contributed by atoms with Gasteiger partial charge in [-0.2, -0.15) is 0 Å². The fraction of sp³-hybridized carbons (Fsp3) is 0.385. The van der Waals surface area contributed by atoms with E-state index in [-0.39, 0.29) is 11.0 Å². The molecule has 0 radical (unpaired) electrons. The highest BCUT2D eigenvalue weighted by atomic mass is 16.5. The lowest BCUT2D eigenvalue weighted by Gasteiger charge is -2.18. The van der Waals surface area contributed by atoms with Crippen molar-refractivity contribution in [1.29, 1.82) is 0 Å². The molecule has 18 heavy (non-hydrogen) atoms. The molecular formula is C13H17N3O2. The second kappa shape index (κ2) is 4.68. The van der Waals surface area contributed by atoms with Gasteiger partial charge in [0.15, 0.2) is 5.82 Å². The van der Waals surface area contributed by atoms with E-state index < -0.39 is 0 Å². The quantitative estimate of drug-likeness (QED) is 0.902. The maximum absolute atomic E-state index is 11.4. The first-order valence-corrected chi connectivity index (χ1v) is 5.81. The number of hydrogen-bond acceptors (Lipinski definition) is 3. The standard InChI is InChI=1S/C13H17N3O2/c1-13(2,3)9-18-10-4-5-11(14-8-10)16-12(17)6-7-15-16/h4-8,15H,9H2,1-3H3. The van der Waals surface area contributed by atoms with Crippen LogP contribution in [0.1, 0.15) is 20.8 Å². The molecule has 0 aliphatic carbocycles. The molecule has 0 spiro atoms. The van der Waals surface area contributed by atoms with Gasteiger partial charge in [0.05, 0.1) is 12.8 Å². The Morgan fingerprint density at radius 1 is 1.33 bits per heavy atom. The summed E-state index contributed by atoms with van der Waals surface area (Å²) in [5.41, 5.74) is -0.0272. The molecule has 0 aromatic carbocycles. The van der Waals surface area contributed by atoms with Crippen LogP contribution < -0.4 is 10.3 Å². The Hall–Kier alpha value is -2.04. The minimum absolute atomic E-state index is 0.106. The largest absolute Gasteiger partial charge is 0.491 e. The third-order valence-electron chi connectivity index (χ3n) is 2.27. The number of aromatic amines is 1. The van der Waals surface area contributed by atoms with Gasteiger partial charge < -0.3 is 4.74 Å². The van der Waals surface area contributed by atoms with E-state index >= 15 is 0 Å². The predicted octanol–water partition coefficient (Wildman–Crippen LogP) is 1.99. The van der Waals surface area contributed by atoms with E-state index in [1.54, 1.807) is 24.5 Å². The van der Waals surface area contributed by atoms with Gasteiger partial charge in [0.25, 0.3) is 5.56 Å². The maximum Gasteiger partial charge on any atom is 0.272 e. The van der Waals surface area contributed by atoms with Gasteiger partial charge in [0.2, 0.25) is 0 Å². The van der Waals surface area contributed by atoms with Crippen molar-refractivity contribution in [2.75, 3.05) is 6.61 Å². The summed E-state index contributed by atoms with van der Waals surface area (Å²) in [7, 11) is 0. The van der Waals surface area contributed by atoms with Crippen molar-refractivity contribution in [2.45, 2.75) is 20.8 Å². The highest BCUT2D eigenvalue weighted by molar-refractivity contribution is 5.27. The summed E-state index contributed by atoms with van der Waals surface area (Å²) in [6.45, 7) is 6.93. The topological polar surface area (TPSA) is 59.9 Å². The lowest BCUT2D eigenvalue weighted by Crippen LogP contribution is -2.17. The molecule has 96 valence electrons. The van der Waals surface area contributed by atoms with Crippen LogP contribution in [-0.2, 0) is 0 Å². The smallest absolute Gasteiger partial charge is 0.272 e. The highest BCUT2D eigenvalue weighted by Gasteiger charge is 2.11. The van der Waals surface area contributed by atoms with E-state index in [0.29, 0.717) is 18.2 Å². The van der Waals surface area contributed by atoms with Crippen LogP contribution in [-0.4, -0.2) is 21.4 Å². The number of ether oxygens (including phenoxy) is 1. The van der Waals surface area contributed by atoms with Crippen LogP contribution in [0.15, 0.2) is 35.4 Å². The monoisotopic (exact) mass is 247 g/mol. The molecule has 0 bridgehead atoms. The molecular weight excluding hydrogens is 230 g/mol. The van der Waals surface area contributed by atoms with Gasteiger partial charge in [0, 0.05) is 12.3 Å². The summed E-state index contributed by atoms with van der Waals surface area (Å²) < 4.78 is 6.98. The van der Waals surface area contributed by atoms with Crippen molar-refractivity contribution in [3.63, 3.8) is 0 Å². The first-order valence-electron chi connectivity index (χ1n) is 5.81. The summed E-state index contributed by atoms with van der Waals surface area (Å²) in [5, 5.41) is 2.80. The Kier molecular flexibility index (Phi) is 3.23. The van der Waals surface area contributed by atoms with Gasteiger partial charge in [-0.15, -0.1) is 0 Å². The Balaban J connectivity index is 2.11. The SMILES string of the molecule is CC(C)(C)COc1ccc(-n2[nH]ccc2=O)nc1. The average Bonchev–Trinajstić information content (AvgIpc) is 2.73. The summed E-state index contributed by atoms with van der Waals surface area (Å²) in [5.74, 6) is 1.25. The van der Waals surface area contributed by atoms with E-state index in [9.17, 15) is 4.79 Å². The summed E-state index contributed by atoms with van der Waals surface area (Å²) >= 11 is 0. The summed E-state index contributed by atoms with van der Waals surface area (Å²) in [4.78, 5) is 15.6. The number of nitrogens with zero attached hydrogens (tertiary/aromatic N) is 2. The van der Waals surface area contributed by atoms with Gasteiger partial charge in [-0.25, -0.2) is 9.67 Å². The van der Waals surface area contributed by atoms with Crippen molar-refractivity contribution in [3.05, 3.63) is 40.9 Å². The van der Waals surface area contributed by atoms with E-state index in [4.69, 9.17) is 4.74 Å². The first kappa shape index (κ1) is 12.4. The molecule has 2 rings (SSSR count). The second-order valence-corrected chi connectivity index (χ2v) is 5.34. The van der Waals surface area contributed by atoms with Crippen molar-refractivity contribution >= 4 is 0 Å². The number of H-pyrrole nitrogens is 1. The van der Waals surface area contributed by atoms with Gasteiger partial charge in [-0.3, -0.25) is 9.89 Å². The average molecular weight is 247 g/mol. The molecule has 5 nitrogen and oxygen atoms in total. The van der Waals surface area contributed by atoms with Crippen LogP contribution in [0.25, 0.3) is 5.82 Å². The number of pyridine rings is 1. The fourth-order valence-electron chi connectivity index (χ4n) is 1.39. The van der Waals surface area contributed by atoms with Gasteiger partial charge in [0.1, 0.15) is 5.75 Å². The van der Waals surface area contributed by atoms with Crippen LogP contribution >= 0.6 is 0 Å². The fourth-order valence-corrected chi connectivity index (χ4v) is 1.39. The van der Waals surface area contributed by atoms with Crippen molar-refractivity contribution in [2.24, 2.45) is 5.41 Å². The second-order valence-electron chi connectivity index (χ2n) is 5.34. The van der Waals surface area contributed by atoms with Gasteiger partial charge >= 0.3 is 0 Å². The van der Waals surface area contributed by atoms with Crippen LogP contribution in [0.3, 0.4) is 0 Å². The molecule has 2 heterocycles. The molecule has 1 N–H and O–H groups in total. The first-order chi connectivity index (χ1) is 8.46. The Bertz CT molecular complexity index is 561. The molecule has 0 saturated heterocycles. The molecule has 0 saturated carbocycles. The number of aromatic nitrogens is 3. The number of hydrogen-bond donors (Lipinski definition) is 1. The highest BCUT2D eigenvalue weighted by Crippen LogP contribution is 2.17. The normalized spacial score (nSPS) is 11.5. The van der Waals surface area contributed by atoms with E-state index in [1.807, 2.05) is 0 Å². The third kappa shape index (κ3) is 3.00. The molecule has 2 aromatic heterocycles. The Labute approximate surface area is 105 Å². The lowest BCUT2D eigenvalue weighted by molar-refractivity contribution is 0.197. The molecule has 0 amide bonds. The van der Waals surface area contributed by atoms with E-state index in [2.05, 4.69) is 30.9 Å². The van der Waals surface area contributed by atoms with Crippen LogP contribution in [0.2, 0.25) is 0 Å². The number of nitrogens with one attached hydrogen (secondary N) is 1. The van der Waals surface area contributed by atoms with Crippen molar-refractivity contribution in [3.8, 4) is 11.6 Å². The Morgan fingerprint density at radius 3 is 2.61 bits per heavy atom. The third-order valence-corrected chi connectivity index (χ3v) is 2.27. The van der Waals surface area contributed by atoms with Gasteiger partial charge in [-0.05, 0) is 17.5 Å². The minimum atomic E-state index is -0.133. The van der Waals surface area contributed by atoms with Crippen molar-refractivity contribution < 1.29 is 4.74 Å². The van der Waals surface area contributed by atoms with Crippen LogP contribution in [0.4, 0.5) is 0 Å². The van der Waals surface area contributed by atoms with Crippen LogP contribution in [0.5, 0.6) is 5.75 Å². The zero-order valence-electron chi connectivity index (χ0n) is 10.8. The zero-order valence-corrected chi connectivity index (χ0v) is 10.8. The molecule has 0 unspecified atom stereocenters. The van der Waals surface area contributed by atoms with Gasteiger partial charge in [-0.1, -0.05) is 20.8 Å². The Morgan fingerprint density at radius 2 is 2.11 bits per heavy atom. The summed E-state index contributed by atoms with van der Waals surface area (Å²) in [6.07, 6.45) is 3.20. The van der Waals surface area contributed by atoms with Crippen molar-refractivity contribution in [1.82, 2.24) is 14.8 Å². The molecule has 5 heteroatoms. The zero-order chi connectivity index (χ0) is 13.2. The predicted molar refractivity (Wildman–Crippen MR) is 69.1 cm³/mol.